The van der Waals surface area contributed by atoms with E-state index in [0.29, 0.717) is 0 Å². The number of rotatable bonds is 1. The molecule has 12 heavy (non-hydrogen) atoms. The average Bonchev–Trinajstić information content (AvgIpc) is 1.96. The topological polar surface area (TPSA) is 0 Å². The summed E-state index contributed by atoms with van der Waals surface area (Å²) in [5, 5.41) is -0.394. The van der Waals surface area contributed by atoms with Crippen LogP contribution in [0.15, 0.2) is 12.1 Å². The highest BCUT2D eigenvalue weighted by molar-refractivity contribution is 6.34. The molecule has 0 saturated heterocycles. The Labute approximate surface area is 76.9 Å². The Morgan fingerprint density at radius 2 is 1.75 bits per heavy atom. The number of halogens is 5. The van der Waals surface area contributed by atoms with Crippen LogP contribution in [-0.2, 0) is 0 Å². The first-order valence-corrected chi connectivity index (χ1v) is 3.70. The molecular formula is C7H3Cl2F3. The van der Waals surface area contributed by atoms with Crippen LogP contribution in [0.25, 0.3) is 0 Å². The van der Waals surface area contributed by atoms with E-state index in [1.807, 2.05) is 0 Å². The number of alkyl halides is 2. The molecule has 0 N–H and O–H groups in total. The molecule has 0 spiro atoms. The van der Waals surface area contributed by atoms with Gasteiger partial charge in [-0.1, -0.05) is 23.2 Å². The largest absolute Gasteiger partial charge is 0.266 e. The molecular weight excluding hydrogens is 212 g/mol. The summed E-state index contributed by atoms with van der Waals surface area (Å²) in [4.78, 5) is 0. The fourth-order valence-corrected chi connectivity index (χ4v) is 1.24. The second kappa shape index (κ2) is 3.54. The van der Waals surface area contributed by atoms with E-state index in [4.69, 9.17) is 23.2 Å². The molecule has 0 unspecified atom stereocenters. The Hall–Kier alpha value is -0.410. The summed E-state index contributed by atoms with van der Waals surface area (Å²) in [7, 11) is 0. The van der Waals surface area contributed by atoms with Gasteiger partial charge in [0.05, 0.1) is 10.6 Å². The average molecular weight is 215 g/mol. The van der Waals surface area contributed by atoms with Gasteiger partial charge in [0, 0.05) is 5.02 Å². The minimum atomic E-state index is -2.90. The maximum Gasteiger partial charge on any atom is 0.266 e. The molecule has 0 atom stereocenters. The van der Waals surface area contributed by atoms with Crippen LogP contribution >= 0.6 is 23.2 Å². The summed E-state index contributed by atoms with van der Waals surface area (Å²) < 4.78 is 36.8. The van der Waals surface area contributed by atoms with Crippen molar-refractivity contribution >= 4 is 23.2 Å². The van der Waals surface area contributed by atoms with E-state index in [-0.39, 0.29) is 5.02 Å². The molecule has 0 aliphatic rings. The first-order chi connectivity index (χ1) is 5.52. The Balaban J connectivity index is 3.28. The van der Waals surface area contributed by atoms with E-state index in [1.54, 1.807) is 0 Å². The highest BCUT2D eigenvalue weighted by Gasteiger charge is 2.16. The second-order valence-electron chi connectivity index (χ2n) is 2.09. The fourth-order valence-electron chi connectivity index (χ4n) is 0.735. The van der Waals surface area contributed by atoms with Gasteiger partial charge in [-0.05, 0) is 12.1 Å². The van der Waals surface area contributed by atoms with Crippen molar-refractivity contribution in [2.45, 2.75) is 6.43 Å². The van der Waals surface area contributed by atoms with Crippen molar-refractivity contribution in [2.24, 2.45) is 0 Å². The highest BCUT2D eigenvalue weighted by Crippen LogP contribution is 2.30. The molecule has 0 fully saturated rings. The van der Waals surface area contributed by atoms with Crippen molar-refractivity contribution < 1.29 is 13.2 Å². The van der Waals surface area contributed by atoms with Gasteiger partial charge in [0.15, 0.2) is 5.82 Å². The molecule has 0 saturated carbocycles. The van der Waals surface area contributed by atoms with Crippen LogP contribution in [0.3, 0.4) is 0 Å². The van der Waals surface area contributed by atoms with Gasteiger partial charge in [-0.15, -0.1) is 0 Å². The Kier molecular flexibility index (Phi) is 2.85. The molecule has 0 aliphatic heterocycles. The molecule has 66 valence electrons. The molecule has 0 nitrogen and oxygen atoms in total. The lowest BCUT2D eigenvalue weighted by molar-refractivity contribution is 0.146. The van der Waals surface area contributed by atoms with Crippen molar-refractivity contribution in [1.82, 2.24) is 0 Å². The standard InChI is InChI=1S/C7H3Cl2F3/c8-3-1-4(7(11)12)6(10)5(9)2-3/h1-2,7H. The SMILES string of the molecule is Fc1c(Cl)cc(Cl)cc1C(F)F. The zero-order valence-electron chi connectivity index (χ0n) is 5.62. The summed E-state index contributed by atoms with van der Waals surface area (Å²) in [5.74, 6) is -1.11. The number of hydrogen-bond donors (Lipinski definition) is 0. The summed E-state index contributed by atoms with van der Waals surface area (Å²) >= 11 is 10.7. The van der Waals surface area contributed by atoms with Crippen LogP contribution in [0.1, 0.15) is 12.0 Å². The van der Waals surface area contributed by atoms with Gasteiger partial charge in [-0.2, -0.15) is 0 Å². The van der Waals surface area contributed by atoms with Crippen LogP contribution < -0.4 is 0 Å². The fraction of sp³-hybridized carbons (Fsp3) is 0.143. The third-order valence-corrected chi connectivity index (χ3v) is 1.75. The van der Waals surface area contributed by atoms with E-state index in [1.165, 1.54) is 0 Å². The Morgan fingerprint density at radius 1 is 1.17 bits per heavy atom. The lowest BCUT2D eigenvalue weighted by atomic mass is 10.2. The maximum atomic E-state index is 12.8. The lowest BCUT2D eigenvalue weighted by Crippen LogP contribution is -1.91. The zero-order valence-corrected chi connectivity index (χ0v) is 7.13. The first kappa shape index (κ1) is 9.68. The maximum absolute atomic E-state index is 12.8. The minimum Gasteiger partial charge on any atom is -0.205 e. The van der Waals surface area contributed by atoms with Crippen LogP contribution in [0.4, 0.5) is 13.2 Å². The van der Waals surface area contributed by atoms with Crippen LogP contribution in [0.5, 0.6) is 0 Å². The van der Waals surface area contributed by atoms with Crippen molar-refractivity contribution in [3.8, 4) is 0 Å². The lowest BCUT2D eigenvalue weighted by Gasteiger charge is -2.03. The van der Waals surface area contributed by atoms with Crippen molar-refractivity contribution in [2.75, 3.05) is 0 Å². The van der Waals surface area contributed by atoms with Gasteiger partial charge in [0.2, 0.25) is 0 Å². The molecule has 1 rings (SSSR count). The molecule has 1 aromatic rings. The van der Waals surface area contributed by atoms with Gasteiger partial charge in [0.25, 0.3) is 6.43 Å². The molecule has 0 heterocycles. The third-order valence-electron chi connectivity index (χ3n) is 1.26. The summed E-state index contributed by atoms with van der Waals surface area (Å²) in [5.41, 5.74) is -0.771. The predicted octanol–water partition coefficient (Wildman–Crippen LogP) is 4.07. The van der Waals surface area contributed by atoms with E-state index in [2.05, 4.69) is 0 Å². The van der Waals surface area contributed by atoms with Crippen LogP contribution in [0, 0.1) is 5.82 Å². The zero-order chi connectivity index (χ0) is 9.30. The summed E-state index contributed by atoms with van der Waals surface area (Å²) in [6.45, 7) is 0. The molecule has 0 bridgehead atoms. The van der Waals surface area contributed by atoms with Crippen LogP contribution in [-0.4, -0.2) is 0 Å². The predicted molar refractivity (Wildman–Crippen MR) is 41.4 cm³/mol. The smallest absolute Gasteiger partial charge is 0.205 e. The highest BCUT2D eigenvalue weighted by atomic mass is 35.5. The second-order valence-corrected chi connectivity index (χ2v) is 2.94. The van der Waals surface area contributed by atoms with Gasteiger partial charge in [0.1, 0.15) is 0 Å². The molecule has 0 amide bonds. The summed E-state index contributed by atoms with van der Waals surface area (Å²) in [6.07, 6.45) is -2.90. The molecule has 5 heteroatoms. The quantitative estimate of drug-likeness (QED) is 0.619. The van der Waals surface area contributed by atoms with Gasteiger partial charge in [-0.3, -0.25) is 0 Å². The van der Waals surface area contributed by atoms with E-state index in [0.717, 1.165) is 12.1 Å². The molecule has 0 radical (unpaired) electrons. The van der Waals surface area contributed by atoms with Crippen molar-refractivity contribution in [1.29, 1.82) is 0 Å². The van der Waals surface area contributed by atoms with Gasteiger partial charge >= 0.3 is 0 Å². The number of hydrogen-bond acceptors (Lipinski definition) is 0. The van der Waals surface area contributed by atoms with Gasteiger partial charge < -0.3 is 0 Å². The third kappa shape index (κ3) is 1.84. The normalized spacial score (nSPS) is 10.8. The summed E-state index contributed by atoms with van der Waals surface area (Å²) in [6, 6.07) is 1.93. The van der Waals surface area contributed by atoms with Crippen molar-refractivity contribution in [3.63, 3.8) is 0 Å². The van der Waals surface area contributed by atoms with Crippen LogP contribution in [0.2, 0.25) is 10.0 Å². The van der Waals surface area contributed by atoms with E-state index < -0.39 is 22.8 Å². The Morgan fingerprint density at radius 3 is 2.25 bits per heavy atom. The molecule has 1 aromatic carbocycles. The monoisotopic (exact) mass is 214 g/mol. The first-order valence-electron chi connectivity index (χ1n) is 2.95. The van der Waals surface area contributed by atoms with Gasteiger partial charge in [-0.25, -0.2) is 13.2 Å². The van der Waals surface area contributed by atoms with Crippen molar-refractivity contribution in [3.05, 3.63) is 33.6 Å². The Bertz CT molecular complexity index is 299. The van der Waals surface area contributed by atoms with E-state index in [9.17, 15) is 13.2 Å². The van der Waals surface area contributed by atoms with E-state index >= 15 is 0 Å². The minimum absolute atomic E-state index is 0.00306. The number of benzene rings is 1. The molecule has 0 aliphatic carbocycles. The molecule has 0 aromatic heterocycles.